The van der Waals surface area contributed by atoms with Crippen LogP contribution in [0.3, 0.4) is 0 Å². The van der Waals surface area contributed by atoms with Crippen LogP contribution in [-0.4, -0.2) is 19.1 Å². The van der Waals surface area contributed by atoms with E-state index >= 15 is 0 Å². The lowest BCUT2D eigenvalue weighted by Crippen LogP contribution is -2.46. The molecule has 1 aromatic rings. The van der Waals surface area contributed by atoms with E-state index in [0.717, 1.165) is 36.4 Å². The van der Waals surface area contributed by atoms with Crippen LogP contribution in [0.15, 0.2) is 18.2 Å². The minimum Gasteiger partial charge on any atom is -0.398 e. The first kappa shape index (κ1) is 9.83. The monoisotopic (exact) mass is 205 g/mol. The SMILES string of the molecule is Cc1c(N)cccc1N1CCCNC1=O. The molecule has 2 rings (SSSR count). The molecule has 0 bridgehead atoms. The number of anilines is 2. The number of nitrogen functional groups attached to an aromatic ring is 1. The molecule has 4 nitrogen and oxygen atoms in total. The summed E-state index contributed by atoms with van der Waals surface area (Å²) in [7, 11) is 0. The molecule has 1 fully saturated rings. The molecule has 1 heterocycles. The Labute approximate surface area is 89.1 Å². The largest absolute Gasteiger partial charge is 0.398 e. The fourth-order valence-corrected chi connectivity index (χ4v) is 1.79. The Morgan fingerprint density at radius 2 is 2.27 bits per heavy atom. The highest BCUT2D eigenvalue weighted by molar-refractivity contribution is 5.94. The van der Waals surface area contributed by atoms with Gasteiger partial charge in [0.05, 0.1) is 5.69 Å². The van der Waals surface area contributed by atoms with Crippen LogP contribution >= 0.6 is 0 Å². The smallest absolute Gasteiger partial charge is 0.321 e. The molecule has 0 aliphatic carbocycles. The van der Waals surface area contributed by atoms with Crippen LogP contribution < -0.4 is 16.0 Å². The quantitative estimate of drug-likeness (QED) is 0.682. The molecule has 2 amide bonds. The minimum absolute atomic E-state index is 0.0325. The second-order valence-electron chi connectivity index (χ2n) is 3.73. The maximum absolute atomic E-state index is 11.6. The second-order valence-corrected chi connectivity index (χ2v) is 3.73. The van der Waals surface area contributed by atoms with Crippen molar-refractivity contribution in [2.24, 2.45) is 0 Å². The van der Waals surface area contributed by atoms with E-state index in [9.17, 15) is 4.79 Å². The molecule has 4 heteroatoms. The van der Waals surface area contributed by atoms with Gasteiger partial charge in [0.25, 0.3) is 0 Å². The number of hydrogen-bond donors (Lipinski definition) is 2. The number of benzene rings is 1. The number of urea groups is 1. The van der Waals surface area contributed by atoms with Gasteiger partial charge in [-0.25, -0.2) is 4.79 Å². The van der Waals surface area contributed by atoms with Gasteiger partial charge in [-0.2, -0.15) is 0 Å². The van der Waals surface area contributed by atoms with Gasteiger partial charge in [0.15, 0.2) is 0 Å². The second kappa shape index (κ2) is 3.81. The molecule has 1 saturated heterocycles. The van der Waals surface area contributed by atoms with Gasteiger partial charge < -0.3 is 11.1 Å². The normalized spacial score (nSPS) is 16.3. The van der Waals surface area contributed by atoms with Gasteiger partial charge in [-0.1, -0.05) is 6.07 Å². The lowest BCUT2D eigenvalue weighted by molar-refractivity contribution is 0.243. The highest BCUT2D eigenvalue weighted by Crippen LogP contribution is 2.25. The van der Waals surface area contributed by atoms with E-state index in [1.165, 1.54) is 0 Å². The number of carbonyl (C=O) groups excluding carboxylic acids is 1. The summed E-state index contributed by atoms with van der Waals surface area (Å²) in [5, 5.41) is 2.82. The number of rotatable bonds is 1. The summed E-state index contributed by atoms with van der Waals surface area (Å²) in [6, 6.07) is 5.62. The first-order valence-electron chi connectivity index (χ1n) is 5.10. The zero-order valence-corrected chi connectivity index (χ0v) is 8.79. The fraction of sp³-hybridized carbons (Fsp3) is 0.364. The van der Waals surface area contributed by atoms with Crippen molar-refractivity contribution >= 4 is 17.4 Å². The van der Waals surface area contributed by atoms with Crippen molar-refractivity contribution < 1.29 is 4.79 Å². The van der Waals surface area contributed by atoms with Gasteiger partial charge in [-0.15, -0.1) is 0 Å². The molecule has 1 aromatic carbocycles. The standard InChI is InChI=1S/C11H15N3O/c1-8-9(12)4-2-5-10(8)14-7-3-6-13-11(14)15/h2,4-5H,3,6-7,12H2,1H3,(H,13,15). The van der Waals surface area contributed by atoms with Crippen molar-refractivity contribution in [3.8, 4) is 0 Å². The van der Waals surface area contributed by atoms with Gasteiger partial charge in [-0.3, -0.25) is 4.90 Å². The summed E-state index contributed by atoms with van der Waals surface area (Å²) in [4.78, 5) is 13.4. The van der Waals surface area contributed by atoms with Gasteiger partial charge in [0.2, 0.25) is 0 Å². The molecule has 0 aromatic heterocycles. The number of hydrogen-bond acceptors (Lipinski definition) is 2. The first-order valence-corrected chi connectivity index (χ1v) is 5.10. The third-order valence-corrected chi connectivity index (χ3v) is 2.72. The van der Waals surface area contributed by atoms with E-state index in [-0.39, 0.29) is 6.03 Å². The van der Waals surface area contributed by atoms with Gasteiger partial charge >= 0.3 is 6.03 Å². The molecule has 0 unspecified atom stereocenters. The average Bonchev–Trinajstić information content (AvgIpc) is 2.23. The molecule has 0 radical (unpaired) electrons. The van der Waals surface area contributed by atoms with E-state index in [0.29, 0.717) is 0 Å². The molecule has 1 aliphatic heterocycles. The fourth-order valence-electron chi connectivity index (χ4n) is 1.79. The van der Waals surface area contributed by atoms with Crippen LogP contribution in [0.4, 0.5) is 16.2 Å². The van der Waals surface area contributed by atoms with Gasteiger partial charge in [0.1, 0.15) is 0 Å². The average molecular weight is 205 g/mol. The van der Waals surface area contributed by atoms with E-state index < -0.39 is 0 Å². The van der Waals surface area contributed by atoms with E-state index in [1.54, 1.807) is 4.90 Å². The number of carbonyl (C=O) groups is 1. The molecule has 80 valence electrons. The highest BCUT2D eigenvalue weighted by Gasteiger charge is 2.20. The zero-order chi connectivity index (χ0) is 10.8. The Hall–Kier alpha value is -1.71. The van der Waals surface area contributed by atoms with Crippen LogP contribution in [0.1, 0.15) is 12.0 Å². The Morgan fingerprint density at radius 1 is 1.47 bits per heavy atom. The summed E-state index contributed by atoms with van der Waals surface area (Å²) >= 11 is 0. The predicted octanol–water partition coefficient (Wildman–Crippen LogP) is 1.50. The van der Waals surface area contributed by atoms with Crippen molar-refractivity contribution in [2.75, 3.05) is 23.7 Å². The molecule has 1 aliphatic rings. The first-order chi connectivity index (χ1) is 7.20. The Morgan fingerprint density at radius 3 is 3.00 bits per heavy atom. The highest BCUT2D eigenvalue weighted by atomic mass is 16.2. The van der Waals surface area contributed by atoms with Gasteiger partial charge in [0, 0.05) is 18.8 Å². The van der Waals surface area contributed by atoms with Crippen LogP contribution in [-0.2, 0) is 0 Å². The summed E-state index contributed by atoms with van der Waals surface area (Å²) < 4.78 is 0. The summed E-state index contributed by atoms with van der Waals surface area (Å²) in [6.45, 7) is 3.46. The van der Waals surface area contributed by atoms with Crippen LogP contribution in [0, 0.1) is 6.92 Å². The number of nitrogens with zero attached hydrogens (tertiary/aromatic N) is 1. The zero-order valence-electron chi connectivity index (χ0n) is 8.79. The molecular weight excluding hydrogens is 190 g/mol. The Kier molecular flexibility index (Phi) is 2.49. The number of nitrogens with one attached hydrogen (secondary N) is 1. The summed E-state index contributed by atoms with van der Waals surface area (Å²) in [6.07, 6.45) is 0.972. The Bertz CT molecular complexity index is 389. The van der Waals surface area contributed by atoms with E-state index in [4.69, 9.17) is 5.73 Å². The predicted molar refractivity (Wildman–Crippen MR) is 61.0 cm³/mol. The summed E-state index contributed by atoms with van der Waals surface area (Å²) in [5.41, 5.74) is 8.42. The molecule has 3 N–H and O–H groups in total. The van der Waals surface area contributed by atoms with Crippen molar-refractivity contribution in [3.05, 3.63) is 23.8 Å². The molecular formula is C11H15N3O. The van der Waals surface area contributed by atoms with E-state index in [1.807, 2.05) is 25.1 Å². The van der Waals surface area contributed by atoms with Crippen molar-refractivity contribution in [3.63, 3.8) is 0 Å². The lowest BCUT2D eigenvalue weighted by atomic mass is 10.1. The van der Waals surface area contributed by atoms with Crippen LogP contribution in [0.5, 0.6) is 0 Å². The molecule has 15 heavy (non-hydrogen) atoms. The molecule has 0 saturated carbocycles. The lowest BCUT2D eigenvalue weighted by Gasteiger charge is -2.29. The maximum atomic E-state index is 11.6. The molecule has 0 spiro atoms. The number of nitrogens with two attached hydrogens (primary N) is 1. The van der Waals surface area contributed by atoms with Crippen LogP contribution in [0.25, 0.3) is 0 Å². The Balaban J connectivity index is 2.35. The molecule has 0 atom stereocenters. The minimum atomic E-state index is -0.0325. The topological polar surface area (TPSA) is 58.4 Å². The van der Waals surface area contributed by atoms with Crippen molar-refractivity contribution in [1.29, 1.82) is 0 Å². The van der Waals surface area contributed by atoms with E-state index in [2.05, 4.69) is 5.32 Å². The number of amides is 2. The maximum Gasteiger partial charge on any atom is 0.321 e. The third kappa shape index (κ3) is 1.75. The van der Waals surface area contributed by atoms with Crippen molar-refractivity contribution in [1.82, 2.24) is 5.32 Å². The summed E-state index contributed by atoms with van der Waals surface area (Å²) in [5.74, 6) is 0. The van der Waals surface area contributed by atoms with Gasteiger partial charge in [-0.05, 0) is 31.0 Å². The van der Waals surface area contributed by atoms with Crippen LogP contribution in [0.2, 0.25) is 0 Å². The van der Waals surface area contributed by atoms with Crippen molar-refractivity contribution in [2.45, 2.75) is 13.3 Å². The third-order valence-electron chi connectivity index (χ3n) is 2.72.